The van der Waals surface area contributed by atoms with E-state index in [-0.39, 0.29) is 17.9 Å². The van der Waals surface area contributed by atoms with Gasteiger partial charge in [-0.15, -0.1) is 0 Å². The number of benzene rings is 2. The highest BCUT2D eigenvalue weighted by atomic mass is 16.3. The lowest BCUT2D eigenvalue weighted by molar-refractivity contribution is 0.0612. The number of H-pyrrole nitrogens is 1. The number of nitrogens with zero attached hydrogens (tertiary/aromatic N) is 6. The molecule has 1 amide bonds. The molecular weight excluding hydrogens is 546 g/mol. The third kappa shape index (κ3) is 7.19. The summed E-state index contributed by atoms with van der Waals surface area (Å²) in [5.41, 5.74) is 3.35. The molecule has 11 nitrogen and oxygen atoms in total. The second-order valence-corrected chi connectivity index (χ2v) is 11.9. The Kier molecular flexibility index (Phi) is 8.77. The van der Waals surface area contributed by atoms with Gasteiger partial charge in [0.1, 0.15) is 11.6 Å². The predicted molar refractivity (Wildman–Crippen MR) is 165 cm³/mol. The number of aldehydes is 1. The van der Waals surface area contributed by atoms with Gasteiger partial charge in [0.15, 0.2) is 6.29 Å². The first-order chi connectivity index (χ1) is 20.5. The normalized spacial score (nSPS) is 15.2. The molecule has 0 saturated carbocycles. The number of piperazine rings is 1. The number of hydrogen-bond acceptors (Lipinski definition) is 8. The van der Waals surface area contributed by atoms with Gasteiger partial charge >= 0.3 is 0 Å². The molecule has 1 saturated heterocycles. The van der Waals surface area contributed by atoms with Crippen molar-refractivity contribution in [2.75, 3.05) is 45.2 Å². The van der Waals surface area contributed by atoms with E-state index in [9.17, 15) is 19.8 Å². The van der Waals surface area contributed by atoms with Crippen LogP contribution in [-0.4, -0.2) is 92.6 Å². The minimum absolute atomic E-state index is 0.0827. The summed E-state index contributed by atoms with van der Waals surface area (Å²) in [6.07, 6.45) is 2.17. The van der Waals surface area contributed by atoms with Crippen molar-refractivity contribution in [1.29, 1.82) is 0 Å². The molecule has 0 atom stereocenters. The van der Waals surface area contributed by atoms with Gasteiger partial charge in [-0.1, -0.05) is 18.2 Å². The first-order valence-corrected chi connectivity index (χ1v) is 14.4. The van der Waals surface area contributed by atoms with Gasteiger partial charge in [-0.25, -0.2) is 4.98 Å². The van der Waals surface area contributed by atoms with Crippen molar-refractivity contribution in [3.8, 4) is 5.75 Å². The van der Waals surface area contributed by atoms with Crippen LogP contribution in [0.3, 0.4) is 0 Å². The monoisotopic (exact) mass is 585 g/mol. The number of carbonyl (C=O) groups excluding carboxylic acids is 2. The molecule has 2 aromatic heterocycles. The quantitative estimate of drug-likeness (QED) is 0.256. The third-order valence-corrected chi connectivity index (χ3v) is 7.69. The molecule has 226 valence electrons. The summed E-state index contributed by atoms with van der Waals surface area (Å²) in [5.74, 6) is -0.0340. The van der Waals surface area contributed by atoms with Crippen LogP contribution >= 0.6 is 0 Å². The molecule has 1 aliphatic rings. The molecule has 1 aliphatic heterocycles. The van der Waals surface area contributed by atoms with Crippen LogP contribution in [0.5, 0.6) is 5.75 Å². The zero-order valence-corrected chi connectivity index (χ0v) is 25.1. The van der Waals surface area contributed by atoms with Crippen molar-refractivity contribution >= 4 is 29.0 Å². The molecule has 11 heteroatoms. The van der Waals surface area contributed by atoms with Crippen molar-refractivity contribution in [1.82, 2.24) is 24.3 Å². The largest absolute Gasteiger partial charge is 0.507 e. The number of fused-ring (bicyclic) bond motifs is 1. The highest BCUT2D eigenvalue weighted by molar-refractivity contribution is 5.95. The van der Waals surface area contributed by atoms with E-state index >= 15 is 0 Å². The Morgan fingerprint density at radius 1 is 1.14 bits per heavy atom. The summed E-state index contributed by atoms with van der Waals surface area (Å²) < 4.78 is 1.86. The summed E-state index contributed by atoms with van der Waals surface area (Å²) in [5, 5.41) is 20.8. The number of aromatic amines is 1. The number of pyridine rings is 1. The van der Waals surface area contributed by atoms with E-state index in [0.29, 0.717) is 35.4 Å². The van der Waals surface area contributed by atoms with Crippen LogP contribution in [0.4, 0.5) is 5.82 Å². The minimum atomic E-state index is -1.04. The number of carbonyl (C=O) groups is 2. The maximum Gasteiger partial charge on any atom is 0.280 e. The summed E-state index contributed by atoms with van der Waals surface area (Å²) in [6, 6.07) is 14.3. The molecule has 5 rings (SSSR count). The molecule has 0 radical (unpaired) electrons. The molecule has 4 aromatic rings. The number of aliphatic hydroxyl groups is 1. The van der Waals surface area contributed by atoms with E-state index in [0.717, 1.165) is 49.3 Å². The number of anilines is 1. The molecule has 0 unspecified atom stereocenters. The zero-order chi connectivity index (χ0) is 30.7. The first kappa shape index (κ1) is 30.1. The average Bonchev–Trinajstić information content (AvgIpc) is 3.29. The summed E-state index contributed by atoms with van der Waals surface area (Å²) >= 11 is 0. The van der Waals surface area contributed by atoms with Gasteiger partial charge in [-0.3, -0.25) is 14.5 Å². The second-order valence-electron chi connectivity index (χ2n) is 11.9. The maximum absolute atomic E-state index is 13.4. The fraction of sp³-hybridized carbons (Fsp3) is 0.375. The molecular formula is C32H39N7O4. The smallest absolute Gasteiger partial charge is 0.280 e. The van der Waals surface area contributed by atoms with Gasteiger partial charge < -0.3 is 29.6 Å². The lowest BCUT2D eigenvalue weighted by Crippen LogP contribution is -2.43. The molecule has 0 aliphatic carbocycles. The SMILES string of the molecule is CN1CCN(Cc2ccc3[nH]/c(=N\C(=O)c4ccnc(N(C)Cc5cccc(O)c5C=O)c4)n(CC(C)(C)O)c3c2)CC1. The Morgan fingerprint density at radius 3 is 2.63 bits per heavy atom. The van der Waals surface area contributed by atoms with E-state index in [2.05, 4.69) is 43.9 Å². The van der Waals surface area contributed by atoms with E-state index < -0.39 is 11.5 Å². The lowest BCUT2D eigenvalue weighted by Gasteiger charge is -2.32. The fourth-order valence-corrected chi connectivity index (χ4v) is 5.34. The Labute approximate surface area is 250 Å². The van der Waals surface area contributed by atoms with Crippen molar-refractivity contribution < 1.29 is 19.8 Å². The summed E-state index contributed by atoms with van der Waals surface area (Å²) in [4.78, 5) is 43.6. The Hall–Kier alpha value is -4.32. The zero-order valence-electron chi connectivity index (χ0n) is 25.1. The van der Waals surface area contributed by atoms with Crippen LogP contribution in [0.2, 0.25) is 0 Å². The minimum Gasteiger partial charge on any atom is -0.507 e. The van der Waals surface area contributed by atoms with Gasteiger partial charge in [0.2, 0.25) is 5.62 Å². The number of rotatable bonds is 9. The van der Waals surface area contributed by atoms with Crippen LogP contribution in [0, 0.1) is 0 Å². The van der Waals surface area contributed by atoms with Crippen LogP contribution in [0.25, 0.3) is 11.0 Å². The van der Waals surface area contributed by atoms with E-state index in [4.69, 9.17) is 0 Å². The molecule has 1 fully saturated rings. The van der Waals surface area contributed by atoms with Crippen LogP contribution in [-0.2, 0) is 19.6 Å². The fourth-order valence-electron chi connectivity index (χ4n) is 5.34. The van der Waals surface area contributed by atoms with Crippen molar-refractivity contribution in [2.45, 2.75) is 39.1 Å². The lowest BCUT2D eigenvalue weighted by atomic mass is 10.1. The standard InChI is InChI=1S/C32H39N7O4/c1-32(2,43)21-39-27-16-22(18-38-14-12-36(3)13-15-38)8-9-26(27)34-31(39)35-30(42)23-10-11-33-29(17-23)37(4)19-24-6-5-7-28(41)25(24)20-40/h5-11,16-17,20,41,43H,12-15,18-19,21H2,1-4H3,(H,34,35,42). The van der Waals surface area contributed by atoms with Crippen molar-refractivity contribution in [3.63, 3.8) is 0 Å². The number of aromatic hydroxyl groups is 1. The van der Waals surface area contributed by atoms with E-state index in [1.165, 1.54) is 6.07 Å². The van der Waals surface area contributed by atoms with Gasteiger partial charge in [-0.2, -0.15) is 4.99 Å². The summed E-state index contributed by atoms with van der Waals surface area (Å²) in [6.45, 7) is 8.92. The van der Waals surface area contributed by atoms with Crippen LogP contribution in [0.15, 0.2) is 59.7 Å². The van der Waals surface area contributed by atoms with E-state index in [1.807, 2.05) is 10.6 Å². The summed E-state index contributed by atoms with van der Waals surface area (Å²) in [7, 11) is 3.93. The first-order valence-electron chi connectivity index (χ1n) is 14.4. The van der Waals surface area contributed by atoms with Gasteiger partial charge in [0.05, 0.1) is 28.7 Å². The molecule has 3 heterocycles. The number of imidazole rings is 1. The highest BCUT2D eigenvalue weighted by Crippen LogP contribution is 2.23. The van der Waals surface area contributed by atoms with Crippen LogP contribution < -0.4 is 10.5 Å². The highest BCUT2D eigenvalue weighted by Gasteiger charge is 2.20. The number of phenolic OH excluding ortho intramolecular Hbond substituents is 1. The number of nitrogens with one attached hydrogen (secondary N) is 1. The van der Waals surface area contributed by atoms with E-state index in [1.54, 1.807) is 56.3 Å². The molecule has 43 heavy (non-hydrogen) atoms. The Morgan fingerprint density at radius 2 is 1.91 bits per heavy atom. The topological polar surface area (TPSA) is 130 Å². The Bertz CT molecular complexity index is 1690. The van der Waals surface area contributed by atoms with Crippen molar-refractivity contribution in [3.05, 3.63) is 82.6 Å². The number of amides is 1. The molecule has 0 spiro atoms. The number of hydrogen-bond donors (Lipinski definition) is 3. The maximum atomic E-state index is 13.4. The molecule has 2 aromatic carbocycles. The third-order valence-electron chi connectivity index (χ3n) is 7.69. The number of phenols is 1. The average molecular weight is 586 g/mol. The number of likely N-dealkylation sites (N-methyl/N-ethyl adjacent to an activating group) is 1. The predicted octanol–water partition coefficient (Wildman–Crippen LogP) is 2.78. The Balaban J connectivity index is 1.44. The molecule has 3 N–H and O–H groups in total. The molecule has 0 bridgehead atoms. The second kappa shape index (κ2) is 12.5. The van der Waals surface area contributed by atoms with Crippen LogP contribution in [0.1, 0.15) is 45.7 Å². The number of aromatic nitrogens is 3. The van der Waals surface area contributed by atoms with Gasteiger partial charge in [0.25, 0.3) is 5.91 Å². The van der Waals surface area contributed by atoms with Crippen molar-refractivity contribution in [2.24, 2.45) is 4.99 Å². The van der Waals surface area contributed by atoms with Gasteiger partial charge in [0, 0.05) is 58.1 Å². The van der Waals surface area contributed by atoms with Gasteiger partial charge in [-0.05, 0) is 62.4 Å².